The molecule has 0 saturated heterocycles. The van der Waals surface area contributed by atoms with Crippen LogP contribution in [0, 0.1) is 13.8 Å². The van der Waals surface area contributed by atoms with Crippen molar-refractivity contribution in [2.24, 2.45) is 0 Å². The van der Waals surface area contributed by atoms with Crippen LogP contribution in [-0.4, -0.2) is 33.6 Å². The number of aromatic amines is 1. The summed E-state index contributed by atoms with van der Waals surface area (Å²) in [6.07, 6.45) is 4.52. The summed E-state index contributed by atoms with van der Waals surface area (Å²) < 4.78 is 5.49. The van der Waals surface area contributed by atoms with Crippen LogP contribution in [0.5, 0.6) is 5.75 Å². The molecule has 2 N–H and O–H groups in total. The molecule has 5 nitrogen and oxygen atoms in total. The molecule has 0 radical (unpaired) electrons. The van der Waals surface area contributed by atoms with Crippen LogP contribution in [-0.2, 0) is 13.0 Å². The molecule has 0 aliphatic heterocycles. The molecule has 32 heavy (non-hydrogen) atoms. The Morgan fingerprint density at radius 3 is 2.66 bits per heavy atom. The van der Waals surface area contributed by atoms with E-state index < -0.39 is 0 Å². The summed E-state index contributed by atoms with van der Waals surface area (Å²) in [6, 6.07) is 18.4. The third-order valence-corrected chi connectivity index (χ3v) is 6.03. The SMILES string of the molecule is COc1ccccc1NC(=S)N(CCc1c(C)[nH]c2ccc(C)cc12)Cc1ccncc1. The van der Waals surface area contributed by atoms with E-state index in [1.165, 1.54) is 27.7 Å². The third kappa shape index (κ3) is 4.92. The highest BCUT2D eigenvalue weighted by Gasteiger charge is 2.15. The molecule has 0 unspecified atom stereocenters. The molecule has 4 rings (SSSR count). The summed E-state index contributed by atoms with van der Waals surface area (Å²) >= 11 is 5.84. The Morgan fingerprint density at radius 1 is 1.09 bits per heavy atom. The van der Waals surface area contributed by atoms with Gasteiger partial charge in [-0.2, -0.15) is 0 Å². The van der Waals surface area contributed by atoms with E-state index in [1.807, 2.05) is 48.8 Å². The predicted molar refractivity (Wildman–Crippen MR) is 135 cm³/mol. The molecule has 164 valence electrons. The van der Waals surface area contributed by atoms with Crippen LogP contribution < -0.4 is 10.1 Å². The van der Waals surface area contributed by atoms with Crippen LogP contribution in [0.3, 0.4) is 0 Å². The molecule has 0 bridgehead atoms. The van der Waals surface area contributed by atoms with E-state index >= 15 is 0 Å². The number of H-pyrrole nitrogens is 1. The number of nitrogens with zero attached hydrogens (tertiary/aromatic N) is 2. The summed E-state index contributed by atoms with van der Waals surface area (Å²) in [7, 11) is 1.67. The summed E-state index contributed by atoms with van der Waals surface area (Å²) in [5.41, 5.74) is 7.01. The maximum Gasteiger partial charge on any atom is 0.173 e. The molecule has 0 saturated carbocycles. The zero-order chi connectivity index (χ0) is 22.5. The second-order valence-electron chi connectivity index (χ2n) is 7.94. The smallest absolute Gasteiger partial charge is 0.173 e. The lowest BCUT2D eigenvalue weighted by Crippen LogP contribution is -2.36. The molecule has 4 aromatic rings. The summed E-state index contributed by atoms with van der Waals surface area (Å²) in [5.74, 6) is 0.765. The van der Waals surface area contributed by atoms with E-state index in [1.54, 1.807) is 7.11 Å². The second-order valence-corrected chi connectivity index (χ2v) is 8.32. The standard InChI is InChI=1S/C26H28N4OS/c1-18-8-9-23-22(16-18)21(19(2)28-23)12-15-30(17-20-10-13-27-14-11-20)26(32)29-24-6-4-5-7-25(24)31-3/h4-11,13-14,16,28H,12,15,17H2,1-3H3,(H,29,32). The molecule has 0 aliphatic carbocycles. The van der Waals surface area contributed by atoms with Crippen molar-refractivity contribution in [3.05, 3.63) is 89.4 Å². The van der Waals surface area contributed by atoms with Gasteiger partial charge in [0.25, 0.3) is 0 Å². The van der Waals surface area contributed by atoms with Gasteiger partial charge in [0.2, 0.25) is 0 Å². The average Bonchev–Trinajstić information content (AvgIpc) is 3.11. The Morgan fingerprint density at radius 2 is 1.88 bits per heavy atom. The number of rotatable bonds is 7. The highest BCUT2D eigenvalue weighted by atomic mass is 32.1. The number of benzene rings is 2. The minimum absolute atomic E-state index is 0.667. The van der Waals surface area contributed by atoms with Crippen LogP contribution in [0.4, 0.5) is 5.69 Å². The fourth-order valence-corrected chi connectivity index (χ4v) is 4.23. The van der Waals surface area contributed by atoms with Gasteiger partial charge in [-0.25, -0.2) is 0 Å². The summed E-state index contributed by atoms with van der Waals surface area (Å²) in [4.78, 5) is 9.86. The maximum absolute atomic E-state index is 5.84. The lowest BCUT2D eigenvalue weighted by atomic mass is 10.1. The van der Waals surface area contributed by atoms with Gasteiger partial charge in [-0.1, -0.05) is 23.8 Å². The van der Waals surface area contributed by atoms with Crippen molar-refractivity contribution >= 4 is 33.9 Å². The Kier molecular flexibility index (Phi) is 6.71. The number of fused-ring (bicyclic) bond motifs is 1. The minimum Gasteiger partial charge on any atom is -0.495 e. The number of aromatic nitrogens is 2. The van der Waals surface area contributed by atoms with Crippen molar-refractivity contribution in [3.63, 3.8) is 0 Å². The van der Waals surface area contributed by atoms with E-state index in [2.05, 4.69) is 52.2 Å². The largest absolute Gasteiger partial charge is 0.495 e. The minimum atomic E-state index is 0.667. The lowest BCUT2D eigenvalue weighted by Gasteiger charge is -2.26. The van der Waals surface area contributed by atoms with Crippen LogP contribution in [0.2, 0.25) is 0 Å². The van der Waals surface area contributed by atoms with Crippen LogP contribution >= 0.6 is 12.2 Å². The lowest BCUT2D eigenvalue weighted by molar-refractivity contribution is 0.414. The van der Waals surface area contributed by atoms with Gasteiger partial charge in [0.1, 0.15) is 5.75 Å². The molecule has 0 amide bonds. The topological polar surface area (TPSA) is 53.2 Å². The van der Waals surface area contributed by atoms with Gasteiger partial charge in [0, 0.05) is 42.1 Å². The molecular weight excluding hydrogens is 416 g/mol. The molecule has 6 heteroatoms. The van der Waals surface area contributed by atoms with Gasteiger partial charge in [-0.3, -0.25) is 4.98 Å². The second kappa shape index (κ2) is 9.83. The first-order valence-electron chi connectivity index (χ1n) is 10.7. The Balaban J connectivity index is 1.58. The van der Waals surface area contributed by atoms with Gasteiger partial charge in [-0.05, 0) is 80.0 Å². The number of hydrogen-bond donors (Lipinski definition) is 2. The highest BCUT2D eigenvalue weighted by Crippen LogP contribution is 2.26. The number of nitrogens with one attached hydrogen (secondary N) is 2. The number of thiocarbonyl (C=S) groups is 1. The number of anilines is 1. The van der Waals surface area contributed by atoms with Crippen molar-refractivity contribution in [1.29, 1.82) is 0 Å². The van der Waals surface area contributed by atoms with E-state index in [0.29, 0.717) is 11.7 Å². The normalized spacial score (nSPS) is 10.8. The monoisotopic (exact) mass is 444 g/mol. The number of aryl methyl sites for hydroxylation is 2. The first-order chi connectivity index (χ1) is 15.5. The third-order valence-electron chi connectivity index (χ3n) is 5.67. The number of methoxy groups -OCH3 is 1. The van der Waals surface area contributed by atoms with Crippen molar-refractivity contribution in [2.75, 3.05) is 19.0 Å². The fourth-order valence-electron chi connectivity index (χ4n) is 3.97. The van der Waals surface area contributed by atoms with E-state index in [4.69, 9.17) is 17.0 Å². The Labute approximate surface area is 194 Å². The van der Waals surface area contributed by atoms with Crippen LogP contribution in [0.1, 0.15) is 22.4 Å². The van der Waals surface area contributed by atoms with Gasteiger partial charge in [0.05, 0.1) is 12.8 Å². The molecule has 2 heterocycles. The van der Waals surface area contributed by atoms with E-state index in [0.717, 1.165) is 30.0 Å². The van der Waals surface area contributed by atoms with Crippen molar-refractivity contribution in [2.45, 2.75) is 26.8 Å². The van der Waals surface area contributed by atoms with E-state index in [-0.39, 0.29) is 0 Å². The number of ether oxygens (including phenoxy) is 1. The number of para-hydroxylation sites is 2. The van der Waals surface area contributed by atoms with Gasteiger partial charge in [-0.15, -0.1) is 0 Å². The predicted octanol–water partition coefficient (Wildman–Crippen LogP) is 5.63. The summed E-state index contributed by atoms with van der Waals surface area (Å²) in [6.45, 7) is 5.76. The molecule has 2 aromatic heterocycles. The van der Waals surface area contributed by atoms with E-state index in [9.17, 15) is 0 Å². The van der Waals surface area contributed by atoms with Crippen molar-refractivity contribution < 1.29 is 4.74 Å². The summed E-state index contributed by atoms with van der Waals surface area (Å²) in [5, 5.41) is 5.34. The zero-order valence-electron chi connectivity index (χ0n) is 18.7. The van der Waals surface area contributed by atoms with Crippen LogP contribution in [0.15, 0.2) is 67.0 Å². The quantitative estimate of drug-likeness (QED) is 0.362. The van der Waals surface area contributed by atoms with Gasteiger partial charge in [0.15, 0.2) is 5.11 Å². The average molecular weight is 445 g/mol. The Bertz CT molecular complexity index is 1220. The highest BCUT2D eigenvalue weighted by molar-refractivity contribution is 7.80. The molecule has 0 fully saturated rings. The van der Waals surface area contributed by atoms with Gasteiger partial charge < -0.3 is 19.9 Å². The molecule has 0 atom stereocenters. The fraction of sp³-hybridized carbons (Fsp3) is 0.231. The zero-order valence-corrected chi connectivity index (χ0v) is 19.5. The molecule has 0 spiro atoms. The first kappa shape index (κ1) is 21.8. The number of pyridine rings is 1. The van der Waals surface area contributed by atoms with Gasteiger partial charge >= 0.3 is 0 Å². The molecular formula is C26H28N4OS. The van der Waals surface area contributed by atoms with Crippen LogP contribution in [0.25, 0.3) is 10.9 Å². The van der Waals surface area contributed by atoms with Crippen molar-refractivity contribution in [1.82, 2.24) is 14.9 Å². The molecule has 2 aromatic carbocycles. The maximum atomic E-state index is 5.84. The number of hydrogen-bond acceptors (Lipinski definition) is 3. The van der Waals surface area contributed by atoms with Crippen molar-refractivity contribution in [3.8, 4) is 5.75 Å². The molecule has 0 aliphatic rings. The Hall–Kier alpha value is -3.38. The first-order valence-corrected chi connectivity index (χ1v) is 11.1.